The van der Waals surface area contributed by atoms with E-state index in [0.29, 0.717) is 32.4 Å². The lowest BCUT2D eigenvalue weighted by atomic mass is 9.98. The third-order valence-corrected chi connectivity index (χ3v) is 8.12. The van der Waals surface area contributed by atoms with Crippen LogP contribution in [0.5, 0.6) is 0 Å². The SMILES string of the molecule is C=C(C)/C=C\CC/C(=C\C)[C@@H]1N=C(c2c(C)cncc2Cl)O[C@@H]1C.CC.C\C=C/C(C)=C\C=C\C1N=C(c2c(Cl)cncc2Cl)OC1C. The Hall–Kier alpha value is -3.45. The fraction of sp³-hybridized carbons (Fsp3) is 0.385. The van der Waals surface area contributed by atoms with Gasteiger partial charge in [-0.2, -0.15) is 0 Å². The molecule has 0 spiro atoms. The van der Waals surface area contributed by atoms with E-state index < -0.39 is 0 Å². The normalized spacial score (nSPS) is 20.9. The van der Waals surface area contributed by atoms with Gasteiger partial charge in [0.05, 0.1) is 26.2 Å². The molecule has 48 heavy (non-hydrogen) atoms. The van der Waals surface area contributed by atoms with Gasteiger partial charge in [0.1, 0.15) is 24.3 Å². The van der Waals surface area contributed by atoms with Crippen LogP contribution in [0.15, 0.2) is 107 Å². The molecular weight excluding hydrogens is 663 g/mol. The zero-order chi connectivity index (χ0) is 35.8. The minimum absolute atomic E-state index is 0.0000445. The summed E-state index contributed by atoms with van der Waals surface area (Å²) in [6.07, 6.45) is 24.8. The quantitative estimate of drug-likeness (QED) is 0.182. The van der Waals surface area contributed by atoms with Crippen molar-refractivity contribution < 1.29 is 9.47 Å². The molecule has 0 bridgehead atoms. The number of allylic oxidation sites excluding steroid dienone is 9. The highest BCUT2D eigenvalue weighted by Crippen LogP contribution is 2.30. The molecule has 2 aromatic heterocycles. The number of nitrogens with zero attached hydrogens (tertiary/aromatic N) is 4. The van der Waals surface area contributed by atoms with Gasteiger partial charge >= 0.3 is 0 Å². The Morgan fingerprint density at radius 1 is 0.854 bits per heavy atom. The number of rotatable bonds is 10. The molecule has 4 atom stereocenters. The van der Waals surface area contributed by atoms with Crippen LogP contribution in [0.2, 0.25) is 15.1 Å². The van der Waals surface area contributed by atoms with Gasteiger partial charge in [-0.15, -0.1) is 0 Å². The molecule has 0 radical (unpaired) electrons. The van der Waals surface area contributed by atoms with Crippen LogP contribution in [0.25, 0.3) is 0 Å². The van der Waals surface area contributed by atoms with Gasteiger partial charge in [-0.25, -0.2) is 9.98 Å². The molecule has 0 fully saturated rings. The average Bonchev–Trinajstić information content (AvgIpc) is 3.59. The summed E-state index contributed by atoms with van der Waals surface area (Å²) in [5.41, 5.74) is 5.94. The van der Waals surface area contributed by atoms with Gasteiger partial charge in [0, 0.05) is 24.8 Å². The lowest BCUT2D eigenvalue weighted by Crippen LogP contribution is -2.21. The van der Waals surface area contributed by atoms with Gasteiger partial charge in [-0.3, -0.25) is 9.97 Å². The van der Waals surface area contributed by atoms with Crippen molar-refractivity contribution in [3.8, 4) is 0 Å². The Morgan fingerprint density at radius 2 is 1.44 bits per heavy atom. The van der Waals surface area contributed by atoms with Crippen LogP contribution in [0, 0.1) is 6.92 Å². The van der Waals surface area contributed by atoms with Crippen molar-refractivity contribution in [1.82, 2.24) is 9.97 Å². The van der Waals surface area contributed by atoms with Gasteiger partial charge in [0.15, 0.2) is 0 Å². The van der Waals surface area contributed by atoms with Crippen molar-refractivity contribution >= 4 is 46.6 Å². The van der Waals surface area contributed by atoms with Crippen LogP contribution in [-0.4, -0.2) is 46.1 Å². The Morgan fingerprint density at radius 3 is 2.02 bits per heavy atom. The van der Waals surface area contributed by atoms with E-state index in [0.717, 1.165) is 29.5 Å². The largest absolute Gasteiger partial charge is 0.472 e. The van der Waals surface area contributed by atoms with E-state index in [2.05, 4.69) is 53.6 Å². The molecule has 0 aromatic carbocycles. The van der Waals surface area contributed by atoms with Crippen molar-refractivity contribution in [2.24, 2.45) is 9.98 Å². The van der Waals surface area contributed by atoms with E-state index in [1.165, 1.54) is 23.5 Å². The molecule has 6 nitrogen and oxygen atoms in total. The number of hydrogen-bond donors (Lipinski definition) is 0. The monoisotopic (exact) mass is 710 g/mol. The number of aryl methyl sites for hydroxylation is 1. The lowest BCUT2D eigenvalue weighted by Gasteiger charge is -2.16. The minimum atomic E-state index is -0.0676. The number of ether oxygens (including phenoxy) is 2. The number of hydrogen-bond acceptors (Lipinski definition) is 6. The van der Waals surface area contributed by atoms with Crippen molar-refractivity contribution in [3.05, 3.63) is 128 Å². The van der Waals surface area contributed by atoms with Crippen LogP contribution in [0.1, 0.15) is 84.9 Å². The molecule has 0 saturated heterocycles. The summed E-state index contributed by atoms with van der Waals surface area (Å²) >= 11 is 18.6. The molecule has 0 saturated carbocycles. The summed E-state index contributed by atoms with van der Waals surface area (Å²) in [5, 5.41) is 1.45. The van der Waals surface area contributed by atoms with Crippen LogP contribution >= 0.6 is 34.8 Å². The molecule has 2 aliphatic rings. The maximum atomic E-state index is 6.30. The van der Waals surface area contributed by atoms with Crippen LogP contribution in [0.3, 0.4) is 0 Å². The molecular formula is C39H49Cl3N4O2. The summed E-state index contributed by atoms with van der Waals surface area (Å²) in [4.78, 5) is 17.4. The van der Waals surface area contributed by atoms with Gasteiger partial charge < -0.3 is 9.47 Å². The van der Waals surface area contributed by atoms with Crippen LogP contribution in [0.4, 0.5) is 0 Å². The topological polar surface area (TPSA) is 69.0 Å². The first-order valence-corrected chi connectivity index (χ1v) is 17.4. The standard InChI is InChI=1S/C20H25ClN2O.C17H18Cl2N2O.C2H6/c1-6-16(10-8-7-9-13(2)3)19-15(5)24-20(23-19)18-14(4)11-22-12-17(18)21;1-4-6-11(2)7-5-8-15-12(3)22-17(21-15)16-13(18)9-20-10-14(16)19;1-2/h6-7,9,11-12,15,19H,2,8,10H2,1,3-5H3;4-10,12,15H,1-3H3;1-2H3/b9-7-,16-6+;6-4-,8-5+,11-7-;/t15-,19-;;/m1../s1. The first kappa shape index (κ1) is 40.7. The predicted octanol–water partition coefficient (Wildman–Crippen LogP) is 11.5. The van der Waals surface area contributed by atoms with Crippen molar-refractivity contribution in [2.75, 3.05) is 0 Å². The molecule has 9 heteroatoms. The first-order chi connectivity index (χ1) is 23.0. The summed E-state index contributed by atoms with van der Waals surface area (Å²) < 4.78 is 11.8. The second-order valence-corrected chi connectivity index (χ2v) is 12.4. The molecule has 2 aromatic rings. The fourth-order valence-electron chi connectivity index (χ4n) is 4.91. The number of pyridine rings is 2. The highest BCUT2D eigenvalue weighted by molar-refractivity contribution is 6.39. The Kier molecular flexibility index (Phi) is 17.7. The summed E-state index contributed by atoms with van der Waals surface area (Å²) in [6.45, 7) is 22.0. The molecule has 0 N–H and O–H groups in total. The highest BCUT2D eigenvalue weighted by atomic mass is 35.5. The van der Waals surface area contributed by atoms with Gasteiger partial charge in [-0.1, -0.05) is 115 Å². The smallest absolute Gasteiger partial charge is 0.220 e. The van der Waals surface area contributed by atoms with Crippen molar-refractivity contribution in [2.45, 2.75) is 99.4 Å². The molecule has 0 amide bonds. The second-order valence-electron chi connectivity index (χ2n) is 11.2. The summed E-state index contributed by atoms with van der Waals surface area (Å²) in [7, 11) is 0. The summed E-state index contributed by atoms with van der Waals surface area (Å²) in [6, 6.07) is -0.0307. The predicted molar refractivity (Wildman–Crippen MR) is 206 cm³/mol. The second kappa shape index (κ2) is 20.8. The lowest BCUT2D eigenvalue weighted by molar-refractivity contribution is 0.222. The van der Waals surface area contributed by atoms with E-state index in [9.17, 15) is 0 Å². The Balaban J connectivity index is 0.000000318. The zero-order valence-electron chi connectivity index (χ0n) is 29.6. The third kappa shape index (κ3) is 11.9. The average molecular weight is 712 g/mol. The minimum Gasteiger partial charge on any atom is -0.472 e. The van der Waals surface area contributed by atoms with Gasteiger partial charge in [0.25, 0.3) is 0 Å². The molecule has 258 valence electrons. The van der Waals surface area contributed by atoms with Crippen molar-refractivity contribution in [1.29, 1.82) is 0 Å². The van der Waals surface area contributed by atoms with Crippen molar-refractivity contribution in [3.63, 3.8) is 0 Å². The first-order valence-electron chi connectivity index (χ1n) is 16.3. The molecule has 2 unspecified atom stereocenters. The number of aliphatic imine (C=N–C) groups is 2. The maximum Gasteiger partial charge on any atom is 0.220 e. The highest BCUT2D eigenvalue weighted by Gasteiger charge is 2.32. The zero-order valence-corrected chi connectivity index (χ0v) is 31.9. The van der Waals surface area contributed by atoms with E-state index in [4.69, 9.17) is 49.3 Å². The van der Waals surface area contributed by atoms with E-state index in [-0.39, 0.29) is 24.3 Å². The van der Waals surface area contributed by atoms with E-state index in [1.807, 2.05) is 78.8 Å². The summed E-state index contributed by atoms with van der Waals surface area (Å²) in [5.74, 6) is 1.09. The van der Waals surface area contributed by atoms with Gasteiger partial charge in [-0.05, 0) is 72.4 Å². The third-order valence-electron chi connectivity index (χ3n) is 7.26. The Bertz CT molecular complexity index is 1560. The van der Waals surface area contributed by atoms with E-state index >= 15 is 0 Å². The fourth-order valence-corrected chi connectivity index (χ4v) is 5.72. The van der Waals surface area contributed by atoms with Gasteiger partial charge in [0.2, 0.25) is 11.8 Å². The van der Waals surface area contributed by atoms with E-state index in [1.54, 1.807) is 12.4 Å². The molecule has 2 aliphatic heterocycles. The number of halogens is 3. The Labute approximate surface area is 302 Å². The molecule has 0 aliphatic carbocycles. The maximum absolute atomic E-state index is 6.30. The van der Waals surface area contributed by atoms with Crippen LogP contribution in [-0.2, 0) is 9.47 Å². The number of aromatic nitrogens is 2. The van der Waals surface area contributed by atoms with Crippen LogP contribution < -0.4 is 0 Å². The molecule has 4 heterocycles. The molecule has 4 rings (SSSR count).